The number of rotatable bonds is 5. The van der Waals surface area contributed by atoms with Gasteiger partial charge in [0.2, 0.25) is 0 Å². The van der Waals surface area contributed by atoms with Crippen molar-refractivity contribution in [2.45, 2.75) is 13.5 Å². The third-order valence-corrected chi connectivity index (χ3v) is 4.11. The Morgan fingerprint density at radius 1 is 0.960 bits per heavy atom. The lowest BCUT2D eigenvalue weighted by molar-refractivity contribution is 0.0951. The second-order valence-electron chi connectivity index (χ2n) is 5.72. The van der Waals surface area contributed by atoms with Crippen LogP contribution in [0.25, 0.3) is 0 Å². The first kappa shape index (κ1) is 17.1. The van der Waals surface area contributed by atoms with Crippen LogP contribution in [-0.4, -0.2) is 5.91 Å². The highest BCUT2D eigenvalue weighted by Gasteiger charge is 2.07. The fraction of sp³-hybridized carbons (Fsp3) is 0.0952. The van der Waals surface area contributed by atoms with Gasteiger partial charge in [-0.05, 0) is 60.5 Å². The van der Waals surface area contributed by atoms with Gasteiger partial charge in [-0.25, -0.2) is 0 Å². The van der Waals surface area contributed by atoms with Crippen LogP contribution < -0.4 is 10.1 Å². The molecule has 0 fully saturated rings. The SMILES string of the molecule is Cc1cccc(Oc2ccc(C(=O)NCc3ccccc3Cl)cc2)c1. The number of hydrogen-bond donors (Lipinski definition) is 1. The van der Waals surface area contributed by atoms with Crippen molar-refractivity contribution in [3.8, 4) is 11.5 Å². The molecule has 0 unspecified atom stereocenters. The van der Waals surface area contributed by atoms with Crippen molar-refractivity contribution in [1.82, 2.24) is 5.32 Å². The summed E-state index contributed by atoms with van der Waals surface area (Å²) >= 11 is 6.09. The lowest BCUT2D eigenvalue weighted by atomic mass is 10.2. The fourth-order valence-electron chi connectivity index (χ4n) is 2.41. The number of aryl methyl sites for hydroxylation is 1. The first-order chi connectivity index (χ1) is 12.1. The molecule has 4 heteroatoms. The summed E-state index contributed by atoms with van der Waals surface area (Å²) in [6.07, 6.45) is 0. The van der Waals surface area contributed by atoms with Crippen molar-refractivity contribution in [3.63, 3.8) is 0 Å². The van der Waals surface area contributed by atoms with Crippen LogP contribution in [0.15, 0.2) is 72.8 Å². The molecule has 0 saturated heterocycles. The van der Waals surface area contributed by atoms with Gasteiger partial charge in [0, 0.05) is 17.1 Å². The molecule has 3 aromatic rings. The molecule has 0 saturated carbocycles. The summed E-state index contributed by atoms with van der Waals surface area (Å²) in [5.41, 5.74) is 2.59. The van der Waals surface area contributed by atoms with Crippen molar-refractivity contribution in [2.24, 2.45) is 0 Å². The molecule has 0 aliphatic rings. The third-order valence-electron chi connectivity index (χ3n) is 3.74. The zero-order valence-corrected chi connectivity index (χ0v) is 14.6. The van der Waals surface area contributed by atoms with Crippen LogP contribution in [-0.2, 0) is 6.54 Å². The van der Waals surface area contributed by atoms with Gasteiger partial charge < -0.3 is 10.1 Å². The smallest absolute Gasteiger partial charge is 0.251 e. The molecular weight excluding hydrogens is 334 g/mol. The molecule has 0 heterocycles. The van der Waals surface area contributed by atoms with Crippen LogP contribution in [0.5, 0.6) is 11.5 Å². The predicted octanol–water partition coefficient (Wildman–Crippen LogP) is 5.37. The van der Waals surface area contributed by atoms with Crippen LogP contribution in [0, 0.1) is 6.92 Å². The topological polar surface area (TPSA) is 38.3 Å². The molecule has 1 N–H and O–H groups in total. The van der Waals surface area contributed by atoms with E-state index in [1.807, 2.05) is 49.4 Å². The highest BCUT2D eigenvalue weighted by molar-refractivity contribution is 6.31. The summed E-state index contributed by atoms with van der Waals surface area (Å²) in [6.45, 7) is 2.40. The minimum absolute atomic E-state index is 0.151. The molecule has 0 aliphatic heterocycles. The van der Waals surface area contributed by atoms with Crippen LogP contribution in [0.2, 0.25) is 5.02 Å². The number of carbonyl (C=O) groups is 1. The maximum Gasteiger partial charge on any atom is 0.251 e. The Balaban J connectivity index is 1.61. The van der Waals surface area contributed by atoms with E-state index in [0.29, 0.717) is 22.9 Å². The number of halogens is 1. The van der Waals surface area contributed by atoms with Crippen molar-refractivity contribution in [3.05, 3.63) is 94.5 Å². The van der Waals surface area contributed by atoms with Crippen LogP contribution >= 0.6 is 11.6 Å². The Bertz CT molecular complexity index is 875. The van der Waals surface area contributed by atoms with E-state index < -0.39 is 0 Å². The van der Waals surface area contributed by atoms with Crippen LogP contribution in [0.3, 0.4) is 0 Å². The van der Waals surface area contributed by atoms with Gasteiger partial charge in [0.25, 0.3) is 5.91 Å². The molecule has 0 aliphatic carbocycles. The molecule has 0 spiro atoms. The van der Waals surface area contributed by atoms with E-state index in [2.05, 4.69) is 5.32 Å². The van der Waals surface area contributed by atoms with Gasteiger partial charge in [-0.3, -0.25) is 4.79 Å². The van der Waals surface area contributed by atoms with E-state index in [0.717, 1.165) is 16.9 Å². The molecule has 3 rings (SSSR count). The third kappa shape index (κ3) is 4.61. The number of hydrogen-bond acceptors (Lipinski definition) is 2. The second kappa shape index (κ2) is 7.86. The maximum absolute atomic E-state index is 12.2. The van der Waals surface area contributed by atoms with Gasteiger partial charge in [-0.2, -0.15) is 0 Å². The van der Waals surface area contributed by atoms with Crippen molar-refractivity contribution in [1.29, 1.82) is 0 Å². The van der Waals surface area contributed by atoms with Gasteiger partial charge in [0.05, 0.1) is 0 Å². The van der Waals surface area contributed by atoms with E-state index in [4.69, 9.17) is 16.3 Å². The Kier molecular flexibility index (Phi) is 5.36. The molecule has 0 radical (unpaired) electrons. The minimum Gasteiger partial charge on any atom is -0.457 e. The summed E-state index contributed by atoms with van der Waals surface area (Å²) in [6, 6.07) is 22.3. The number of amides is 1. The Morgan fingerprint density at radius 3 is 2.44 bits per heavy atom. The summed E-state index contributed by atoms with van der Waals surface area (Å²) in [5, 5.41) is 3.51. The zero-order valence-electron chi connectivity index (χ0n) is 13.8. The molecule has 0 aromatic heterocycles. The van der Waals surface area contributed by atoms with Gasteiger partial charge in [0.1, 0.15) is 11.5 Å². The lowest BCUT2D eigenvalue weighted by Crippen LogP contribution is -2.22. The number of ether oxygens (including phenoxy) is 1. The summed E-state index contributed by atoms with van der Waals surface area (Å²) < 4.78 is 5.79. The molecule has 3 aromatic carbocycles. The number of nitrogens with one attached hydrogen (secondary N) is 1. The summed E-state index contributed by atoms with van der Waals surface area (Å²) in [4.78, 5) is 12.2. The Labute approximate surface area is 152 Å². The molecule has 0 bridgehead atoms. The number of benzene rings is 3. The molecule has 1 amide bonds. The monoisotopic (exact) mass is 351 g/mol. The van der Waals surface area contributed by atoms with Crippen LogP contribution in [0.1, 0.15) is 21.5 Å². The normalized spacial score (nSPS) is 10.3. The average molecular weight is 352 g/mol. The lowest BCUT2D eigenvalue weighted by Gasteiger charge is -2.09. The maximum atomic E-state index is 12.2. The van der Waals surface area contributed by atoms with Gasteiger partial charge in [-0.15, -0.1) is 0 Å². The van der Waals surface area contributed by atoms with Crippen molar-refractivity contribution >= 4 is 17.5 Å². The highest BCUT2D eigenvalue weighted by Crippen LogP contribution is 2.22. The molecule has 0 atom stereocenters. The van der Waals surface area contributed by atoms with Gasteiger partial charge in [-0.1, -0.05) is 41.9 Å². The first-order valence-electron chi connectivity index (χ1n) is 7.98. The quantitative estimate of drug-likeness (QED) is 0.671. The Hall–Kier alpha value is -2.78. The minimum atomic E-state index is -0.151. The molecule has 25 heavy (non-hydrogen) atoms. The molecule has 3 nitrogen and oxygen atoms in total. The van der Waals surface area contributed by atoms with Gasteiger partial charge in [0.15, 0.2) is 0 Å². The molecule has 126 valence electrons. The largest absolute Gasteiger partial charge is 0.457 e. The summed E-state index contributed by atoms with van der Waals surface area (Å²) in [7, 11) is 0. The Morgan fingerprint density at radius 2 is 1.72 bits per heavy atom. The predicted molar refractivity (Wildman–Crippen MR) is 100 cm³/mol. The highest BCUT2D eigenvalue weighted by atomic mass is 35.5. The number of carbonyl (C=O) groups excluding carboxylic acids is 1. The van der Waals surface area contributed by atoms with Crippen molar-refractivity contribution in [2.75, 3.05) is 0 Å². The molecular formula is C21H18ClNO2. The van der Waals surface area contributed by atoms with E-state index >= 15 is 0 Å². The van der Waals surface area contributed by atoms with E-state index in [1.165, 1.54) is 0 Å². The fourth-order valence-corrected chi connectivity index (χ4v) is 2.61. The van der Waals surface area contributed by atoms with E-state index in [-0.39, 0.29) is 5.91 Å². The second-order valence-corrected chi connectivity index (χ2v) is 6.12. The van der Waals surface area contributed by atoms with E-state index in [1.54, 1.807) is 30.3 Å². The van der Waals surface area contributed by atoms with Crippen molar-refractivity contribution < 1.29 is 9.53 Å². The standard InChI is InChI=1S/C21H18ClNO2/c1-15-5-4-7-19(13-15)25-18-11-9-16(10-12-18)21(24)23-14-17-6-2-3-8-20(17)22/h2-13H,14H2,1H3,(H,23,24). The zero-order chi connectivity index (χ0) is 17.6. The van der Waals surface area contributed by atoms with Gasteiger partial charge >= 0.3 is 0 Å². The van der Waals surface area contributed by atoms with Crippen LogP contribution in [0.4, 0.5) is 0 Å². The summed E-state index contributed by atoms with van der Waals surface area (Å²) in [5.74, 6) is 1.31. The van der Waals surface area contributed by atoms with E-state index in [9.17, 15) is 4.79 Å². The average Bonchev–Trinajstić information content (AvgIpc) is 2.61. The first-order valence-corrected chi connectivity index (χ1v) is 8.36.